The molecule has 0 fully saturated rings. The quantitative estimate of drug-likeness (QED) is 0.379. The van der Waals surface area contributed by atoms with Crippen LogP contribution in [0.3, 0.4) is 0 Å². The normalized spacial score (nSPS) is 11.0. The number of hydrogen-bond donors (Lipinski definition) is 1. The number of carbonyl (C=O) groups is 1. The third-order valence-electron chi connectivity index (χ3n) is 4.93. The number of rotatable bonds is 5. The van der Waals surface area contributed by atoms with Gasteiger partial charge in [0.25, 0.3) is 0 Å². The highest BCUT2D eigenvalue weighted by Gasteiger charge is 2.19. The van der Waals surface area contributed by atoms with Crippen LogP contribution in [-0.2, 0) is 0 Å². The minimum Gasteiger partial charge on any atom is -0.493 e. The maximum absolute atomic E-state index is 12.7. The van der Waals surface area contributed by atoms with E-state index in [0.717, 1.165) is 16.0 Å². The zero-order chi connectivity index (χ0) is 21.2. The molecule has 31 heavy (non-hydrogen) atoms. The molecular weight excluding hydrogens is 406 g/mol. The number of aromatic nitrogens is 3. The number of nitrogens with zero attached hydrogens (tertiary/aromatic N) is 3. The lowest BCUT2D eigenvalue weighted by Gasteiger charge is -2.06. The summed E-state index contributed by atoms with van der Waals surface area (Å²) in [5.74, 6) is -0.520. The highest BCUT2D eigenvalue weighted by atomic mass is 32.2. The molecule has 0 saturated carbocycles. The molecule has 1 N–H and O–H groups in total. The molecule has 5 aromatic rings. The van der Waals surface area contributed by atoms with Crippen LogP contribution >= 0.6 is 11.8 Å². The van der Waals surface area contributed by atoms with Crippen molar-refractivity contribution in [1.29, 1.82) is 0 Å². The van der Waals surface area contributed by atoms with E-state index in [1.807, 2.05) is 48.5 Å². The number of aromatic hydroxyl groups is 1. The molecule has 0 aliphatic rings. The van der Waals surface area contributed by atoms with Crippen LogP contribution in [0, 0.1) is 0 Å². The lowest BCUT2D eigenvalue weighted by molar-refractivity contribution is 0.103. The van der Waals surface area contributed by atoms with E-state index in [0.29, 0.717) is 11.2 Å². The Bertz CT molecular complexity index is 1370. The minimum atomic E-state index is -0.299. The van der Waals surface area contributed by atoms with E-state index in [2.05, 4.69) is 22.2 Å². The monoisotopic (exact) mass is 423 g/mol. The first-order chi connectivity index (χ1) is 15.2. The number of benzene rings is 3. The maximum atomic E-state index is 12.7. The number of ketones is 1. The second-order valence-corrected chi connectivity index (χ2v) is 8.07. The second-order valence-electron chi connectivity index (χ2n) is 6.92. The second kappa shape index (κ2) is 8.08. The predicted octanol–water partition coefficient (Wildman–Crippen LogP) is 5.48. The summed E-state index contributed by atoms with van der Waals surface area (Å²) >= 11 is 1.69. The molecule has 2 aromatic heterocycles. The standard InChI is InChI=1S/C25H17N3O2S/c29-23(18-7-3-1-4-8-18)22-15-26-24-21(16-27-28(24)25(22)30)17-11-13-20(14-12-17)31-19-9-5-2-6-10-19/h1-16,30H. The van der Waals surface area contributed by atoms with Gasteiger partial charge in [-0.05, 0) is 29.8 Å². The SMILES string of the molecule is O=C(c1ccccc1)c1cnc2c(-c3ccc(Sc4ccccc4)cc3)cnn2c1O. The van der Waals surface area contributed by atoms with Crippen molar-refractivity contribution in [3.05, 3.63) is 108 Å². The van der Waals surface area contributed by atoms with Crippen LogP contribution < -0.4 is 0 Å². The maximum Gasteiger partial charge on any atom is 0.227 e. The van der Waals surface area contributed by atoms with Crippen molar-refractivity contribution in [3.63, 3.8) is 0 Å². The summed E-state index contributed by atoms with van der Waals surface area (Å²) in [6.07, 6.45) is 3.06. The fourth-order valence-electron chi connectivity index (χ4n) is 3.35. The van der Waals surface area contributed by atoms with Crippen molar-refractivity contribution in [2.75, 3.05) is 0 Å². The van der Waals surface area contributed by atoms with Crippen molar-refractivity contribution in [2.45, 2.75) is 9.79 Å². The Kier molecular flexibility index (Phi) is 4.98. The van der Waals surface area contributed by atoms with Crippen LogP contribution in [0.1, 0.15) is 15.9 Å². The van der Waals surface area contributed by atoms with E-state index in [1.54, 1.807) is 42.2 Å². The Morgan fingerprint density at radius 2 is 1.45 bits per heavy atom. The molecule has 5 nitrogen and oxygen atoms in total. The van der Waals surface area contributed by atoms with Crippen LogP contribution in [0.25, 0.3) is 16.8 Å². The lowest BCUT2D eigenvalue weighted by Crippen LogP contribution is -2.05. The van der Waals surface area contributed by atoms with Gasteiger partial charge in [0, 0.05) is 27.1 Å². The summed E-state index contributed by atoms with van der Waals surface area (Å²) in [5, 5.41) is 15.0. The average Bonchev–Trinajstić information content (AvgIpc) is 3.26. The minimum absolute atomic E-state index is 0.114. The van der Waals surface area contributed by atoms with Gasteiger partial charge < -0.3 is 5.11 Å². The summed E-state index contributed by atoms with van der Waals surface area (Å²) < 4.78 is 1.30. The highest BCUT2D eigenvalue weighted by Crippen LogP contribution is 2.32. The summed E-state index contributed by atoms with van der Waals surface area (Å²) in [6, 6.07) is 27.1. The van der Waals surface area contributed by atoms with Gasteiger partial charge in [-0.15, -0.1) is 0 Å². The number of fused-ring (bicyclic) bond motifs is 1. The Morgan fingerprint density at radius 1 is 0.806 bits per heavy atom. The van der Waals surface area contributed by atoms with Gasteiger partial charge in [0.2, 0.25) is 5.88 Å². The Balaban J connectivity index is 1.46. The van der Waals surface area contributed by atoms with E-state index in [4.69, 9.17) is 0 Å². The van der Waals surface area contributed by atoms with Crippen LogP contribution in [0.5, 0.6) is 5.88 Å². The van der Waals surface area contributed by atoms with E-state index >= 15 is 0 Å². The first-order valence-corrected chi connectivity index (χ1v) is 10.5. The summed E-state index contributed by atoms with van der Waals surface area (Å²) in [6.45, 7) is 0. The van der Waals surface area contributed by atoms with Crippen molar-refractivity contribution in [3.8, 4) is 17.0 Å². The molecule has 2 heterocycles. The molecule has 0 atom stereocenters. The average molecular weight is 423 g/mol. The number of carbonyl (C=O) groups excluding carboxylic acids is 1. The van der Waals surface area contributed by atoms with Gasteiger partial charge in [0.15, 0.2) is 11.4 Å². The molecule has 150 valence electrons. The molecule has 0 aliphatic heterocycles. The molecule has 5 rings (SSSR count). The molecule has 0 aliphatic carbocycles. The molecular formula is C25H17N3O2S. The molecule has 6 heteroatoms. The molecule has 0 unspecified atom stereocenters. The summed E-state index contributed by atoms with van der Waals surface area (Å²) in [4.78, 5) is 19.5. The Morgan fingerprint density at radius 3 is 2.16 bits per heavy atom. The third kappa shape index (κ3) is 3.69. The predicted molar refractivity (Wildman–Crippen MR) is 121 cm³/mol. The summed E-state index contributed by atoms with van der Waals surface area (Å²) in [7, 11) is 0. The van der Waals surface area contributed by atoms with E-state index in [-0.39, 0.29) is 17.2 Å². The van der Waals surface area contributed by atoms with Crippen LogP contribution in [0.4, 0.5) is 0 Å². The molecule has 0 bridgehead atoms. The first kappa shape index (κ1) is 19.1. The first-order valence-electron chi connectivity index (χ1n) is 9.69. The molecule has 0 spiro atoms. The van der Waals surface area contributed by atoms with Gasteiger partial charge in [0.05, 0.1) is 6.20 Å². The smallest absolute Gasteiger partial charge is 0.227 e. The van der Waals surface area contributed by atoms with Crippen molar-refractivity contribution in [1.82, 2.24) is 14.6 Å². The van der Waals surface area contributed by atoms with Crippen LogP contribution in [0.2, 0.25) is 0 Å². The molecule has 3 aromatic carbocycles. The lowest BCUT2D eigenvalue weighted by atomic mass is 10.1. The van der Waals surface area contributed by atoms with Gasteiger partial charge >= 0.3 is 0 Å². The fourth-order valence-corrected chi connectivity index (χ4v) is 4.19. The zero-order valence-electron chi connectivity index (χ0n) is 16.3. The van der Waals surface area contributed by atoms with Crippen LogP contribution in [0.15, 0.2) is 107 Å². The van der Waals surface area contributed by atoms with Gasteiger partial charge in [-0.25, -0.2) is 4.98 Å². The van der Waals surface area contributed by atoms with Crippen molar-refractivity contribution in [2.24, 2.45) is 0 Å². The zero-order valence-corrected chi connectivity index (χ0v) is 17.2. The Labute approximate surface area is 183 Å². The fraction of sp³-hybridized carbons (Fsp3) is 0. The largest absolute Gasteiger partial charge is 0.493 e. The van der Waals surface area contributed by atoms with Gasteiger partial charge in [0.1, 0.15) is 5.56 Å². The molecule has 0 saturated heterocycles. The molecule has 0 amide bonds. The van der Waals surface area contributed by atoms with E-state index in [1.165, 1.54) is 15.6 Å². The van der Waals surface area contributed by atoms with Crippen LogP contribution in [-0.4, -0.2) is 25.5 Å². The van der Waals surface area contributed by atoms with Gasteiger partial charge in [-0.3, -0.25) is 4.79 Å². The molecule has 0 radical (unpaired) electrons. The topological polar surface area (TPSA) is 67.5 Å². The van der Waals surface area contributed by atoms with Gasteiger partial charge in [-0.1, -0.05) is 72.4 Å². The third-order valence-corrected chi connectivity index (χ3v) is 5.94. The summed E-state index contributed by atoms with van der Waals surface area (Å²) in [5.41, 5.74) is 2.80. The van der Waals surface area contributed by atoms with E-state index < -0.39 is 0 Å². The Hall–Kier alpha value is -3.90. The van der Waals surface area contributed by atoms with Crippen molar-refractivity contribution < 1.29 is 9.90 Å². The van der Waals surface area contributed by atoms with Gasteiger partial charge in [-0.2, -0.15) is 9.61 Å². The number of hydrogen-bond acceptors (Lipinski definition) is 5. The van der Waals surface area contributed by atoms with E-state index in [9.17, 15) is 9.90 Å². The highest BCUT2D eigenvalue weighted by molar-refractivity contribution is 7.99. The van der Waals surface area contributed by atoms with Crippen molar-refractivity contribution >= 4 is 23.2 Å².